The number of aliphatic hydroxyl groups is 1. The molecule has 0 heterocycles. The molecular weight excluding hydrogens is 144 g/mol. The smallest absolute Gasteiger partial charge is 0.306 e. The molecule has 2 N–H and O–H groups in total. The summed E-state index contributed by atoms with van der Waals surface area (Å²) in [4.78, 5) is 10.6. The lowest BCUT2D eigenvalue weighted by molar-refractivity contribution is -0.145. The SMILES string of the molecule is CC1CC(O)CCC1C(=O)O. The standard InChI is InChI=1S/C8H14O3/c1-5-4-6(9)2-3-7(5)8(10)11/h5-7,9H,2-4H2,1H3,(H,10,11). The maximum Gasteiger partial charge on any atom is 0.306 e. The molecule has 3 heteroatoms. The number of carboxylic acids is 1. The van der Waals surface area contributed by atoms with Crippen molar-refractivity contribution in [2.45, 2.75) is 32.3 Å². The van der Waals surface area contributed by atoms with Crippen LogP contribution in [0.3, 0.4) is 0 Å². The molecule has 0 saturated heterocycles. The predicted molar refractivity (Wildman–Crippen MR) is 40.1 cm³/mol. The molecule has 11 heavy (non-hydrogen) atoms. The van der Waals surface area contributed by atoms with Crippen molar-refractivity contribution >= 4 is 5.97 Å². The lowest BCUT2D eigenvalue weighted by Crippen LogP contribution is -2.30. The van der Waals surface area contributed by atoms with Gasteiger partial charge in [-0.15, -0.1) is 0 Å². The lowest BCUT2D eigenvalue weighted by Gasteiger charge is -2.28. The molecular formula is C8H14O3. The summed E-state index contributed by atoms with van der Waals surface area (Å²) < 4.78 is 0. The fraction of sp³-hybridized carbons (Fsp3) is 0.875. The fourth-order valence-corrected chi connectivity index (χ4v) is 1.73. The Labute approximate surface area is 66.0 Å². The Balaban J connectivity index is 2.50. The van der Waals surface area contributed by atoms with Gasteiger partial charge in [0.25, 0.3) is 0 Å². The molecule has 0 radical (unpaired) electrons. The van der Waals surface area contributed by atoms with E-state index in [0.717, 1.165) is 0 Å². The fourth-order valence-electron chi connectivity index (χ4n) is 1.73. The lowest BCUT2D eigenvalue weighted by atomic mass is 9.79. The molecule has 0 amide bonds. The van der Waals surface area contributed by atoms with E-state index in [1.54, 1.807) is 0 Å². The quantitative estimate of drug-likeness (QED) is 0.595. The highest BCUT2D eigenvalue weighted by Gasteiger charge is 2.30. The number of hydrogen-bond acceptors (Lipinski definition) is 2. The van der Waals surface area contributed by atoms with E-state index in [1.807, 2.05) is 6.92 Å². The minimum absolute atomic E-state index is 0.122. The van der Waals surface area contributed by atoms with Gasteiger partial charge in [0.2, 0.25) is 0 Å². The van der Waals surface area contributed by atoms with Crippen LogP contribution in [-0.2, 0) is 4.79 Å². The van der Waals surface area contributed by atoms with Crippen LogP contribution in [0.5, 0.6) is 0 Å². The zero-order valence-corrected chi connectivity index (χ0v) is 6.66. The Hall–Kier alpha value is -0.570. The van der Waals surface area contributed by atoms with Gasteiger partial charge >= 0.3 is 5.97 Å². The first-order valence-electron chi connectivity index (χ1n) is 4.02. The summed E-state index contributed by atoms with van der Waals surface area (Å²) in [5, 5.41) is 17.9. The molecule has 0 aliphatic heterocycles. The molecule has 3 unspecified atom stereocenters. The third kappa shape index (κ3) is 1.93. The third-order valence-corrected chi connectivity index (χ3v) is 2.46. The topological polar surface area (TPSA) is 57.5 Å². The van der Waals surface area contributed by atoms with Crippen molar-refractivity contribution in [1.29, 1.82) is 0 Å². The molecule has 1 fully saturated rings. The second-order valence-electron chi connectivity index (χ2n) is 3.39. The Morgan fingerprint density at radius 3 is 2.55 bits per heavy atom. The molecule has 1 rings (SSSR count). The summed E-state index contributed by atoms with van der Waals surface area (Å²) in [6, 6.07) is 0. The summed E-state index contributed by atoms with van der Waals surface area (Å²) in [6.07, 6.45) is 1.62. The first kappa shape index (κ1) is 8.53. The number of rotatable bonds is 1. The van der Waals surface area contributed by atoms with E-state index in [9.17, 15) is 9.90 Å². The van der Waals surface area contributed by atoms with E-state index < -0.39 is 5.97 Å². The predicted octanol–water partition coefficient (Wildman–Crippen LogP) is 0.868. The van der Waals surface area contributed by atoms with Crippen LogP contribution in [0.1, 0.15) is 26.2 Å². The molecule has 0 aromatic rings. The van der Waals surface area contributed by atoms with Crippen LogP contribution in [-0.4, -0.2) is 22.3 Å². The van der Waals surface area contributed by atoms with Crippen LogP contribution in [0.2, 0.25) is 0 Å². The Morgan fingerprint density at radius 2 is 2.09 bits per heavy atom. The minimum atomic E-state index is -0.718. The monoisotopic (exact) mass is 158 g/mol. The van der Waals surface area contributed by atoms with Gasteiger partial charge in [0.05, 0.1) is 12.0 Å². The van der Waals surface area contributed by atoms with Gasteiger partial charge in [-0.25, -0.2) is 0 Å². The number of aliphatic hydroxyl groups excluding tert-OH is 1. The Kier molecular flexibility index (Phi) is 2.49. The first-order chi connectivity index (χ1) is 5.11. The Bertz CT molecular complexity index is 155. The van der Waals surface area contributed by atoms with Gasteiger partial charge < -0.3 is 10.2 Å². The maximum atomic E-state index is 10.6. The molecule has 0 aromatic heterocycles. The molecule has 3 nitrogen and oxygen atoms in total. The highest BCUT2D eigenvalue weighted by atomic mass is 16.4. The van der Waals surface area contributed by atoms with Crippen LogP contribution in [0.25, 0.3) is 0 Å². The molecule has 0 bridgehead atoms. The minimum Gasteiger partial charge on any atom is -0.481 e. The maximum absolute atomic E-state index is 10.6. The van der Waals surface area contributed by atoms with Crippen molar-refractivity contribution in [3.05, 3.63) is 0 Å². The van der Waals surface area contributed by atoms with Gasteiger partial charge in [0, 0.05) is 0 Å². The van der Waals surface area contributed by atoms with E-state index in [0.29, 0.717) is 19.3 Å². The zero-order valence-electron chi connectivity index (χ0n) is 6.66. The molecule has 64 valence electrons. The summed E-state index contributed by atoms with van der Waals surface area (Å²) in [6.45, 7) is 1.89. The van der Waals surface area contributed by atoms with Crippen LogP contribution < -0.4 is 0 Å². The van der Waals surface area contributed by atoms with Crippen LogP contribution in [0, 0.1) is 11.8 Å². The Morgan fingerprint density at radius 1 is 1.45 bits per heavy atom. The van der Waals surface area contributed by atoms with Crippen LogP contribution in [0.15, 0.2) is 0 Å². The largest absolute Gasteiger partial charge is 0.481 e. The molecule has 1 aliphatic carbocycles. The average molecular weight is 158 g/mol. The van der Waals surface area contributed by atoms with E-state index in [2.05, 4.69) is 0 Å². The summed E-state index contributed by atoms with van der Waals surface area (Å²) in [7, 11) is 0. The van der Waals surface area contributed by atoms with Gasteiger partial charge in [-0.2, -0.15) is 0 Å². The normalized spacial score (nSPS) is 38.5. The average Bonchev–Trinajstić information content (AvgIpc) is 1.85. The van der Waals surface area contributed by atoms with Crippen molar-refractivity contribution in [3.8, 4) is 0 Å². The highest BCUT2D eigenvalue weighted by molar-refractivity contribution is 5.70. The van der Waals surface area contributed by atoms with Crippen molar-refractivity contribution in [3.63, 3.8) is 0 Å². The van der Waals surface area contributed by atoms with Crippen LogP contribution >= 0.6 is 0 Å². The van der Waals surface area contributed by atoms with E-state index >= 15 is 0 Å². The number of hydrogen-bond donors (Lipinski definition) is 2. The summed E-state index contributed by atoms with van der Waals surface area (Å²) in [5.41, 5.74) is 0. The van der Waals surface area contributed by atoms with Crippen molar-refractivity contribution in [2.75, 3.05) is 0 Å². The van der Waals surface area contributed by atoms with Crippen molar-refractivity contribution < 1.29 is 15.0 Å². The first-order valence-corrected chi connectivity index (χ1v) is 4.02. The van der Waals surface area contributed by atoms with Crippen molar-refractivity contribution in [1.82, 2.24) is 0 Å². The van der Waals surface area contributed by atoms with Gasteiger partial charge in [-0.05, 0) is 25.2 Å². The highest BCUT2D eigenvalue weighted by Crippen LogP contribution is 2.29. The second kappa shape index (κ2) is 3.22. The number of carboxylic acid groups (broad SMARTS) is 1. The van der Waals surface area contributed by atoms with E-state index in [4.69, 9.17) is 5.11 Å². The van der Waals surface area contributed by atoms with E-state index in [1.165, 1.54) is 0 Å². The summed E-state index contributed by atoms with van der Waals surface area (Å²) >= 11 is 0. The van der Waals surface area contributed by atoms with Gasteiger partial charge in [0.15, 0.2) is 0 Å². The van der Waals surface area contributed by atoms with Crippen LogP contribution in [0.4, 0.5) is 0 Å². The number of aliphatic carboxylic acids is 1. The van der Waals surface area contributed by atoms with Gasteiger partial charge in [0.1, 0.15) is 0 Å². The van der Waals surface area contributed by atoms with Gasteiger partial charge in [-0.1, -0.05) is 6.92 Å². The molecule has 3 atom stereocenters. The molecule has 1 saturated carbocycles. The third-order valence-electron chi connectivity index (χ3n) is 2.46. The summed E-state index contributed by atoms with van der Waals surface area (Å²) in [5.74, 6) is -0.834. The molecule has 0 aromatic carbocycles. The molecule has 1 aliphatic rings. The van der Waals surface area contributed by atoms with E-state index in [-0.39, 0.29) is 17.9 Å². The van der Waals surface area contributed by atoms with Crippen molar-refractivity contribution in [2.24, 2.45) is 11.8 Å². The second-order valence-corrected chi connectivity index (χ2v) is 3.39. The zero-order chi connectivity index (χ0) is 8.43. The van der Waals surface area contributed by atoms with Gasteiger partial charge in [-0.3, -0.25) is 4.79 Å². The molecule has 0 spiro atoms. The number of carbonyl (C=O) groups is 1.